The lowest BCUT2D eigenvalue weighted by Gasteiger charge is -2.17. The average molecular weight is 296 g/mol. The van der Waals surface area contributed by atoms with Crippen molar-refractivity contribution in [2.45, 2.75) is 13.0 Å². The highest BCUT2D eigenvalue weighted by atomic mass is 32.1. The summed E-state index contributed by atoms with van der Waals surface area (Å²) < 4.78 is 57.4. The normalized spacial score (nSPS) is 12.1. The molecule has 1 unspecified atom stereocenters. The van der Waals surface area contributed by atoms with Gasteiger partial charge in [-0.1, -0.05) is 0 Å². The van der Waals surface area contributed by atoms with Gasteiger partial charge in [-0.3, -0.25) is 0 Å². The quantitative estimate of drug-likeness (QED) is 0.508. The lowest BCUT2D eigenvalue weighted by Crippen LogP contribution is -2.38. The van der Waals surface area contributed by atoms with Gasteiger partial charge >= 0.3 is 0 Å². The molecule has 1 rings (SSSR count). The summed E-state index contributed by atoms with van der Waals surface area (Å²) in [5, 5.41) is 4.55. The minimum atomic E-state index is -1.54. The van der Waals surface area contributed by atoms with E-state index in [1.807, 2.05) is 0 Å². The van der Waals surface area contributed by atoms with Gasteiger partial charge in [-0.15, -0.1) is 0 Å². The number of methoxy groups -OCH3 is 1. The summed E-state index contributed by atoms with van der Waals surface area (Å²) in [6.07, 6.45) is 0. The molecule has 0 amide bonds. The molecule has 1 aromatic rings. The fourth-order valence-corrected chi connectivity index (χ4v) is 1.65. The second-order valence-corrected chi connectivity index (χ2v) is 4.21. The molecule has 0 aromatic heterocycles. The molecule has 8 heteroatoms. The molecule has 2 N–H and O–H groups in total. The first kappa shape index (κ1) is 15.6. The Morgan fingerprint density at radius 3 is 2.26 bits per heavy atom. The van der Waals surface area contributed by atoms with Gasteiger partial charge in [0.2, 0.25) is 0 Å². The maximum absolute atomic E-state index is 13.3. The number of hydrogen-bond donors (Lipinski definition) is 2. The van der Waals surface area contributed by atoms with Gasteiger partial charge in [0.25, 0.3) is 0 Å². The Hall–Kier alpha value is -1.41. The summed E-state index contributed by atoms with van der Waals surface area (Å²) in [6, 6.07) is -0.116. The third-order valence-corrected chi connectivity index (χ3v) is 2.36. The molecule has 1 atom stereocenters. The highest BCUT2D eigenvalue weighted by Gasteiger charge is 2.20. The number of anilines is 1. The minimum Gasteiger partial charge on any atom is -0.383 e. The van der Waals surface area contributed by atoms with Crippen LogP contribution >= 0.6 is 12.2 Å². The van der Waals surface area contributed by atoms with Crippen molar-refractivity contribution in [1.82, 2.24) is 5.32 Å². The van der Waals surface area contributed by atoms with Crippen LogP contribution in [0.1, 0.15) is 6.92 Å². The second kappa shape index (κ2) is 6.67. The monoisotopic (exact) mass is 296 g/mol. The summed E-state index contributed by atoms with van der Waals surface area (Å²) >= 11 is 4.78. The molecule has 0 bridgehead atoms. The SMILES string of the molecule is COCC(C)NC(=S)Nc1c(F)c(F)cc(F)c1F. The van der Waals surface area contributed by atoms with Gasteiger partial charge in [-0.25, -0.2) is 17.6 Å². The fraction of sp³-hybridized carbons (Fsp3) is 0.364. The molecular weight excluding hydrogens is 284 g/mol. The maximum Gasteiger partial charge on any atom is 0.185 e. The van der Waals surface area contributed by atoms with E-state index in [2.05, 4.69) is 10.6 Å². The van der Waals surface area contributed by atoms with Crippen LogP contribution in [-0.2, 0) is 4.74 Å². The second-order valence-electron chi connectivity index (χ2n) is 3.80. The predicted molar refractivity (Wildman–Crippen MR) is 67.0 cm³/mol. The highest BCUT2D eigenvalue weighted by molar-refractivity contribution is 7.80. The number of benzene rings is 1. The van der Waals surface area contributed by atoms with Crippen LogP contribution in [0.5, 0.6) is 0 Å². The summed E-state index contributed by atoms with van der Waals surface area (Å²) in [4.78, 5) is 0. The number of nitrogens with one attached hydrogen (secondary N) is 2. The van der Waals surface area contributed by atoms with E-state index in [-0.39, 0.29) is 17.2 Å². The molecule has 106 valence electrons. The highest BCUT2D eigenvalue weighted by Crippen LogP contribution is 2.23. The number of halogens is 4. The van der Waals surface area contributed by atoms with Crippen LogP contribution in [0.3, 0.4) is 0 Å². The standard InChI is InChI=1S/C11H12F4N2OS/c1-5(4-18-2)16-11(19)17-10-8(14)6(12)3-7(13)9(10)15/h3,5H,4H2,1-2H3,(H2,16,17,19). The fourth-order valence-electron chi connectivity index (χ4n) is 1.35. The van der Waals surface area contributed by atoms with Gasteiger partial charge in [-0.05, 0) is 19.1 Å². The van der Waals surface area contributed by atoms with E-state index in [4.69, 9.17) is 17.0 Å². The first-order chi connectivity index (χ1) is 8.86. The molecule has 0 saturated carbocycles. The Labute approximate surface area is 112 Å². The zero-order valence-electron chi connectivity index (χ0n) is 10.2. The van der Waals surface area contributed by atoms with Crippen LogP contribution in [0, 0.1) is 23.3 Å². The summed E-state index contributed by atoms with van der Waals surface area (Å²) in [7, 11) is 1.47. The molecule has 19 heavy (non-hydrogen) atoms. The van der Waals surface area contributed by atoms with Crippen molar-refractivity contribution in [3.8, 4) is 0 Å². The molecule has 0 aliphatic carbocycles. The first-order valence-corrected chi connectivity index (χ1v) is 5.67. The van der Waals surface area contributed by atoms with Crippen LogP contribution in [0.2, 0.25) is 0 Å². The molecule has 0 saturated heterocycles. The zero-order valence-corrected chi connectivity index (χ0v) is 11.0. The maximum atomic E-state index is 13.3. The number of hydrogen-bond acceptors (Lipinski definition) is 2. The molecule has 0 aliphatic heterocycles. The Morgan fingerprint density at radius 2 is 1.79 bits per heavy atom. The Bertz CT molecular complexity index is 458. The van der Waals surface area contributed by atoms with Gasteiger partial charge < -0.3 is 15.4 Å². The van der Waals surface area contributed by atoms with Crippen molar-refractivity contribution < 1.29 is 22.3 Å². The molecule has 3 nitrogen and oxygen atoms in total. The average Bonchev–Trinajstić information content (AvgIpc) is 2.32. The number of rotatable bonds is 4. The van der Waals surface area contributed by atoms with Gasteiger partial charge in [0.15, 0.2) is 28.4 Å². The molecule has 0 spiro atoms. The third-order valence-electron chi connectivity index (χ3n) is 2.14. The Balaban J connectivity index is 2.85. The predicted octanol–water partition coefficient (Wildman–Crippen LogP) is 2.56. The van der Waals surface area contributed by atoms with E-state index < -0.39 is 29.0 Å². The van der Waals surface area contributed by atoms with Crippen LogP contribution in [0.25, 0.3) is 0 Å². The van der Waals surface area contributed by atoms with E-state index in [1.165, 1.54) is 7.11 Å². The molecular formula is C11H12F4N2OS. The molecule has 0 fully saturated rings. The number of ether oxygens (including phenoxy) is 1. The largest absolute Gasteiger partial charge is 0.383 e. The Morgan fingerprint density at radius 1 is 1.26 bits per heavy atom. The smallest absolute Gasteiger partial charge is 0.185 e. The van der Waals surface area contributed by atoms with Gasteiger partial charge in [0, 0.05) is 19.2 Å². The van der Waals surface area contributed by atoms with Gasteiger partial charge in [0.05, 0.1) is 6.61 Å². The van der Waals surface area contributed by atoms with E-state index >= 15 is 0 Å². The lowest BCUT2D eigenvalue weighted by molar-refractivity contribution is 0.179. The van der Waals surface area contributed by atoms with E-state index in [0.717, 1.165) is 0 Å². The minimum absolute atomic E-state index is 0.125. The molecule has 0 radical (unpaired) electrons. The van der Waals surface area contributed by atoms with Gasteiger partial charge in [0.1, 0.15) is 5.69 Å². The van der Waals surface area contributed by atoms with E-state index in [1.54, 1.807) is 6.92 Å². The topological polar surface area (TPSA) is 33.3 Å². The van der Waals surface area contributed by atoms with Crippen molar-refractivity contribution in [1.29, 1.82) is 0 Å². The van der Waals surface area contributed by atoms with Crippen molar-refractivity contribution >= 4 is 23.0 Å². The molecule has 0 heterocycles. The van der Waals surface area contributed by atoms with Crippen molar-refractivity contribution in [3.63, 3.8) is 0 Å². The summed E-state index contributed by atoms with van der Waals surface area (Å²) in [5.41, 5.74) is -0.973. The summed E-state index contributed by atoms with van der Waals surface area (Å²) in [6.45, 7) is 2.00. The van der Waals surface area contributed by atoms with Crippen LogP contribution < -0.4 is 10.6 Å². The van der Waals surface area contributed by atoms with Crippen molar-refractivity contribution in [2.24, 2.45) is 0 Å². The first-order valence-electron chi connectivity index (χ1n) is 5.26. The van der Waals surface area contributed by atoms with E-state index in [0.29, 0.717) is 6.61 Å². The van der Waals surface area contributed by atoms with Crippen molar-refractivity contribution in [2.75, 3.05) is 19.0 Å². The van der Waals surface area contributed by atoms with E-state index in [9.17, 15) is 17.6 Å². The number of thiocarbonyl (C=S) groups is 1. The molecule has 0 aliphatic rings. The van der Waals surface area contributed by atoms with Crippen LogP contribution in [-0.4, -0.2) is 24.9 Å². The van der Waals surface area contributed by atoms with Crippen LogP contribution in [0.4, 0.5) is 23.2 Å². The lowest BCUT2D eigenvalue weighted by atomic mass is 10.2. The summed E-state index contributed by atoms with van der Waals surface area (Å²) in [5.74, 6) is -6.09. The zero-order chi connectivity index (χ0) is 14.6. The molecule has 1 aromatic carbocycles. The Kier molecular flexibility index (Phi) is 5.49. The van der Waals surface area contributed by atoms with Gasteiger partial charge in [-0.2, -0.15) is 0 Å². The van der Waals surface area contributed by atoms with Crippen molar-refractivity contribution in [3.05, 3.63) is 29.3 Å². The van der Waals surface area contributed by atoms with Crippen LogP contribution in [0.15, 0.2) is 6.07 Å². The third kappa shape index (κ3) is 4.03.